The number of nitrogens with one attached hydrogen (secondary N) is 2. The first kappa shape index (κ1) is 8.68. The third-order valence-electron chi connectivity index (χ3n) is 2.12. The van der Waals surface area contributed by atoms with Crippen molar-refractivity contribution in [2.24, 2.45) is 5.92 Å². The van der Waals surface area contributed by atoms with E-state index in [1.54, 1.807) is 0 Å². The summed E-state index contributed by atoms with van der Waals surface area (Å²) >= 11 is 0. The molecule has 11 heavy (non-hydrogen) atoms. The van der Waals surface area contributed by atoms with Crippen LogP contribution in [0.3, 0.4) is 0 Å². The number of hydrogen-bond donors (Lipinski definition) is 2. The largest absolute Gasteiger partial charge is 0.317 e. The van der Waals surface area contributed by atoms with Gasteiger partial charge in [-0.3, -0.25) is 0 Å². The number of carbonyl (C=O) groups is 1. The van der Waals surface area contributed by atoms with Crippen molar-refractivity contribution in [3.8, 4) is 0 Å². The highest BCUT2D eigenvalue weighted by Crippen LogP contribution is 2.09. The predicted octanol–water partition coefficient (Wildman–Crippen LogP) is -0.226. The maximum Gasteiger partial charge on any atom is 0.133 e. The summed E-state index contributed by atoms with van der Waals surface area (Å²) in [7, 11) is 0. The first-order valence-electron chi connectivity index (χ1n) is 4.28. The molecule has 0 aliphatic carbocycles. The molecule has 0 radical (unpaired) electrons. The smallest absolute Gasteiger partial charge is 0.133 e. The van der Waals surface area contributed by atoms with E-state index in [-0.39, 0.29) is 0 Å². The Hall–Kier alpha value is -0.410. The van der Waals surface area contributed by atoms with Gasteiger partial charge in [0.05, 0.1) is 6.54 Å². The summed E-state index contributed by atoms with van der Waals surface area (Å²) in [6, 6.07) is 0. The molecule has 0 aromatic heterocycles. The second kappa shape index (κ2) is 5.27. The molecule has 1 aliphatic heterocycles. The minimum atomic E-state index is 0.504. The molecule has 3 heteroatoms. The van der Waals surface area contributed by atoms with E-state index in [2.05, 4.69) is 10.6 Å². The molecule has 1 rings (SSSR count). The lowest BCUT2D eigenvalue weighted by atomic mass is 9.98. The molecule has 1 heterocycles. The minimum absolute atomic E-state index is 0.504. The molecule has 1 saturated heterocycles. The van der Waals surface area contributed by atoms with Crippen molar-refractivity contribution in [3.63, 3.8) is 0 Å². The fourth-order valence-corrected chi connectivity index (χ4v) is 1.43. The third-order valence-corrected chi connectivity index (χ3v) is 2.12. The van der Waals surface area contributed by atoms with Crippen molar-refractivity contribution in [3.05, 3.63) is 0 Å². The molecule has 0 aromatic rings. The van der Waals surface area contributed by atoms with Gasteiger partial charge in [-0.1, -0.05) is 0 Å². The first-order chi connectivity index (χ1) is 5.43. The van der Waals surface area contributed by atoms with Gasteiger partial charge in [0, 0.05) is 0 Å². The molecule has 0 saturated carbocycles. The Morgan fingerprint density at radius 3 is 2.82 bits per heavy atom. The fraction of sp³-hybridized carbons (Fsp3) is 0.875. The Kier molecular flexibility index (Phi) is 4.16. The van der Waals surface area contributed by atoms with Crippen molar-refractivity contribution in [2.75, 3.05) is 26.2 Å². The van der Waals surface area contributed by atoms with Crippen LogP contribution in [-0.4, -0.2) is 32.5 Å². The van der Waals surface area contributed by atoms with Crippen LogP contribution in [0, 0.1) is 5.92 Å². The van der Waals surface area contributed by atoms with Gasteiger partial charge in [0.25, 0.3) is 0 Å². The Bertz CT molecular complexity index is 111. The minimum Gasteiger partial charge on any atom is -0.317 e. The van der Waals surface area contributed by atoms with E-state index in [1.807, 2.05) is 0 Å². The molecule has 0 unspecified atom stereocenters. The highest BCUT2D eigenvalue weighted by molar-refractivity contribution is 5.51. The standard InChI is InChI=1S/C8H16N2O/c11-6-5-10-7-8-1-3-9-4-2-8/h6,8-10H,1-5,7H2. The first-order valence-corrected chi connectivity index (χ1v) is 4.28. The molecule has 1 fully saturated rings. The van der Waals surface area contributed by atoms with E-state index in [0.717, 1.165) is 31.8 Å². The van der Waals surface area contributed by atoms with Crippen LogP contribution in [0.15, 0.2) is 0 Å². The highest BCUT2D eigenvalue weighted by Gasteiger charge is 2.11. The number of piperidine rings is 1. The molecule has 64 valence electrons. The second-order valence-electron chi connectivity index (χ2n) is 3.02. The van der Waals surface area contributed by atoms with Gasteiger partial charge in [-0.25, -0.2) is 0 Å². The van der Waals surface area contributed by atoms with Crippen LogP contribution in [0.25, 0.3) is 0 Å². The van der Waals surface area contributed by atoms with Gasteiger partial charge in [0.2, 0.25) is 0 Å². The Labute approximate surface area is 67.5 Å². The summed E-state index contributed by atoms with van der Waals surface area (Å²) in [6.45, 7) is 3.77. The monoisotopic (exact) mass is 156 g/mol. The zero-order chi connectivity index (χ0) is 7.94. The van der Waals surface area contributed by atoms with Gasteiger partial charge in [-0.05, 0) is 38.4 Å². The fourth-order valence-electron chi connectivity index (χ4n) is 1.43. The summed E-state index contributed by atoms with van der Waals surface area (Å²) in [5, 5.41) is 6.42. The Morgan fingerprint density at radius 2 is 2.18 bits per heavy atom. The third kappa shape index (κ3) is 3.49. The van der Waals surface area contributed by atoms with Crippen LogP contribution in [-0.2, 0) is 4.79 Å². The topological polar surface area (TPSA) is 41.1 Å². The van der Waals surface area contributed by atoms with Crippen LogP contribution in [0.5, 0.6) is 0 Å². The van der Waals surface area contributed by atoms with Gasteiger partial charge >= 0.3 is 0 Å². The number of aldehydes is 1. The van der Waals surface area contributed by atoms with Crippen molar-refractivity contribution in [1.29, 1.82) is 0 Å². The molecule has 1 aliphatic rings. The highest BCUT2D eigenvalue weighted by atomic mass is 16.1. The van der Waals surface area contributed by atoms with Crippen LogP contribution in [0.1, 0.15) is 12.8 Å². The maximum atomic E-state index is 9.97. The van der Waals surface area contributed by atoms with Crippen LogP contribution in [0.2, 0.25) is 0 Å². The molecular weight excluding hydrogens is 140 g/mol. The molecule has 0 spiro atoms. The van der Waals surface area contributed by atoms with Crippen molar-refractivity contribution >= 4 is 6.29 Å². The zero-order valence-electron chi connectivity index (χ0n) is 6.81. The van der Waals surface area contributed by atoms with Gasteiger partial charge in [-0.15, -0.1) is 0 Å². The SMILES string of the molecule is O=CCNCC1CCNCC1. The summed E-state index contributed by atoms with van der Waals surface area (Å²) in [4.78, 5) is 9.97. The number of hydrogen-bond acceptors (Lipinski definition) is 3. The lowest BCUT2D eigenvalue weighted by Crippen LogP contribution is -2.34. The average Bonchev–Trinajstić information content (AvgIpc) is 2.07. The maximum absolute atomic E-state index is 9.97. The Balaban J connectivity index is 2.00. The van der Waals surface area contributed by atoms with Crippen molar-refractivity contribution in [2.45, 2.75) is 12.8 Å². The lowest BCUT2D eigenvalue weighted by Gasteiger charge is -2.22. The van der Waals surface area contributed by atoms with E-state index in [0.29, 0.717) is 6.54 Å². The lowest BCUT2D eigenvalue weighted by molar-refractivity contribution is -0.107. The summed E-state index contributed by atoms with van der Waals surface area (Å²) in [5.74, 6) is 0.774. The zero-order valence-corrected chi connectivity index (χ0v) is 6.81. The Morgan fingerprint density at radius 1 is 1.45 bits per heavy atom. The van der Waals surface area contributed by atoms with E-state index in [9.17, 15) is 4.79 Å². The second-order valence-corrected chi connectivity index (χ2v) is 3.02. The summed E-state index contributed by atoms with van der Waals surface area (Å²) in [6.07, 6.45) is 3.40. The van der Waals surface area contributed by atoms with Crippen LogP contribution < -0.4 is 10.6 Å². The van der Waals surface area contributed by atoms with Gasteiger partial charge in [0.15, 0.2) is 0 Å². The quantitative estimate of drug-likeness (QED) is 0.436. The van der Waals surface area contributed by atoms with E-state index in [4.69, 9.17) is 0 Å². The molecular formula is C8H16N2O. The van der Waals surface area contributed by atoms with E-state index >= 15 is 0 Å². The number of carbonyl (C=O) groups excluding carboxylic acids is 1. The molecule has 0 amide bonds. The van der Waals surface area contributed by atoms with Crippen molar-refractivity contribution in [1.82, 2.24) is 10.6 Å². The molecule has 0 bridgehead atoms. The molecule has 2 N–H and O–H groups in total. The van der Waals surface area contributed by atoms with Crippen LogP contribution >= 0.6 is 0 Å². The van der Waals surface area contributed by atoms with Gasteiger partial charge in [-0.2, -0.15) is 0 Å². The predicted molar refractivity (Wildman–Crippen MR) is 44.5 cm³/mol. The van der Waals surface area contributed by atoms with Crippen LogP contribution in [0.4, 0.5) is 0 Å². The molecule has 3 nitrogen and oxygen atoms in total. The van der Waals surface area contributed by atoms with Gasteiger partial charge in [0.1, 0.15) is 6.29 Å². The van der Waals surface area contributed by atoms with E-state index < -0.39 is 0 Å². The summed E-state index contributed by atoms with van der Waals surface area (Å²) in [5.41, 5.74) is 0. The number of rotatable bonds is 4. The normalized spacial score (nSPS) is 20.0. The van der Waals surface area contributed by atoms with Crippen molar-refractivity contribution < 1.29 is 4.79 Å². The van der Waals surface area contributed by atoms with E-state index in [1.165, 1.54) is 12.8 Å². The molecule has 0 atom stereocenters. The summed E-state index contributed by atoms with van der Waals surface area (Å²) < 4.78 is 0. The average molecular weight is 156 g/mol. The molecule has 0 aromatic carbocycles. The van der Waals surface area contributed by atoms with Gasteiger partial charge < -0.3 is 15.4 Å².